The van der Waals surface area contributed by atoms with E-state index >= 15 is 0 Å². The van der Waals surface area contributed by atoms with Crippen LogP contribution in [0.4, 0.5) is 4.39 Å². The molecule has 0 spiro atoms. The van der Waals surface area contributed by atoms with Crippen LogP contribution in [-0.2, 0) is 0 Å². The van der Waals surface area contributed by atoms with Crippen LogP contribution in [0.1, 0.15) is 45.1 Å². The highest BCUT2D eigenvalue weighted by molar-refractivity contribution is 5.22. The Morgan fingerprint density at radius 2 is 1.88 bits per heavy atom. The van der Waals surface area contributed by atoms with E-state index in [-0.39, 0.29) is 5.82 Å². The molecule has 0 radical (unpaired) electrons. The van der Waals surface area contributed by atoms with E-state index in [9.17, 15) is 4.39 Å². The highest BCUT2D eigenvalue weighted by Crippen LogP contribution is 2.29. The molecule has 0 saturated heterocycles. The van der Waals surface area contributed by atoms with Crippen molar-refractivity contribution < 1.29 is 4.39 Å². The topological polar surface area (TPSA) is 12.0 Å². The van der Waals surface area contributed by atoms with E-state index in [1.54, 1.807) is 6.07 Å². The van der Waals surface area contributed by atoms with Crippen LogP contribution in [0, 0.1) is 11.7 Å². The summed E-state index contributed by atoms with van der Waals surface area (Å²) in [4.78, 5) is 0. The number of rotatable bonds is 7. The fourth-order valence-corrected chi connectivity index (χ4v) is 2.45. The summed E-state index contributed by atoms with van der Waals surface area (Å²) < 4.78 is 13.3. The number of benzene rings is 1. The maximum Gasteiger partial charge on any atom is 0.123 e. The molecule has 96 valence electrons. The van der Waals surface area contributed by atoms with Gasteiger partial charge in [-0.15, -0.1) is 0 Å². The van der Waals surface area contributed by atoms with Crippen LogP contribution in [0.25, 0.3) is 0 Å². The van der Waals surface area contributed by atoms with E-state index in [1.807, 2.05) is 12.1 Å². The molecule has 1 unspecified atom stereocenters. The maximum atomic E-state index is 13.3. The smallest absolute Gasteiger partial charge is 0.123 e. The van der Waals surface area contributed by atoms with Gasteiger partial charge in [-0.1, -0.05) is 45.7 Å². The molecule has 0 aromatic heterocycles. The van der Waals surface area contributed by atoms with Crippen molar-refractivity contribution in [2.75, 3.05) is 13.1 Å². The van der Waals surface area contributed by atoms with Gasteiger partial charge < -0.3 is 5.32 Å². The lowest BCUT2D eigenvalue weighted by Gasteiger charge is -2.26. The minimum atomic E-state index is -0.130. The van der Waals surface area contributed by atoms with Gasteiger partial charge in [0.25, 0.3) is 0 Å². The summed E-state index contributed by atoms with van der Waals surface area (Å²) in [5, 5.41) is 3.39. The van der Waals surface area contributed by atoms with Crippen LogP contribution < -0.4 is 5.32 Å². The summed E-state index contributed by atoms with van der Waals surface area (Å²) in [7, 11) is 0. The first-order valence-corrected chi connectivity index (χ1v) is 6.69. The van der Waals surface area contributed by atoms with Gasteiger partial charge in [0.15, 0.2) is 0 Å². The third-order valence-corrected chi connectivity index (χ3v) is 3.51. The van der Waals surface area contributed by atoms with E-state index in [0.29, 0.717) is 11.8 Å². The van der Waals surface area contributed by atoms with Gasteiger partial charge in [0.1, 0.15) is 5.82 Å². The van der Waals surface area contributed by atoms with Gasteiger partial charge in [-0.25, -0.2) is 4.39 Å². The molecule has 1 rings (SSSR count). The Morgan fingerprint density at radius 1 is 1.18 bits per heavy atom. The number of hydrogen-bond donors (Lipinski definition) is 1. The first-order valence-electron chi connectivity index (χ1n) is 6.69. The molecule has 1 nitrogen and oxygen atoms in total. The molecule has 0 aliphatic heterocycles. The van der Waals surface area contributed by atoms with Crippen molar-refractivity contribution in [3.63, 3.8) is 0 Å². The molecule has 0 bridgehead atoms. The van der Waals surface area contributed by atoms with Crippen molar-refractivity contribution in [2.24, 2.45) is 5.92 Å². The molecule has 0 aliphatic carbocycles. The largest absolute Gasteiger partial charge is 0.316 e. The Bertz CT molecular complexity index is 320. The molecule has 1 N–H and O–H groups in total. The number of likely N-dealkylation sites (N-methyl/N-ethyl adjacent to an activating group) is 1. The minimum absolute atomic E-state index is 0.130. The Balaban J connectivity index is 2.88. The molecule has 0 fully saturated rings. The SMILES string of the molecule is CCNCC(c1cccc(F)c1)C(CC)CC. The van der Waals surface area contributed by atoms with Crippen LogP contribution in [0.2, 0.25) is 0 Å². The second-order valence-electron chi connectivity index (χ2n) is 4.55. The highest BCUT2D eigenvalue weighted by atomic mass is 19.1. The Kier molecular flexibility index (Phi) is 6.20. The Morgan fingerprint density at radius 3 is 2.41 bits per heavy atom. The fourth-order valence-electron chi connectivity index (χ4n) is 2.45. The lowest BCUT2D eigenvalue weighted by molar-refractivity contribution is 0.381. The molecule has 1 aromatic carbocycles. The van der Waals surface area contributed by atoms with Crippen molar-refractivity contribution in [1.29, 1.82) is 0 Å². The fraction of sp³-hybridized carbons (Fsp3) is 0.600. The molecule has 1 atom stereocenters. The van der Waals surface area contributed by atoms with Crippen molar-refractivity contribution in [3.05, 3.63) is 35.6 Å². The molecule has 0 heterocycles. The summed E-state index contributed by atoms with van der Waals surface area (Å²) in [6.45, 7) is 8.44. The zero-order valence-corrected chi connectivity index (χ0v) is 11.2. The van der Waals surface area contributed by atoms with Gasteiger partial charge in [-0.3, -0.25) is 0 Å². The van der Waals surface area contributed by atoms with Gasteiger partial charge in [0, 0.05) is 6.54 Å². The first kappa shape index (κ1) is 14.2. The lowest BCUT2D eigenvalue weighted by atomic mass is 9.82. The van der Waals surface area contributed by atoms with E-state index in [2.05, 4.69) is 26.1 Å². The quantitative estimate of drug-likeness (QED) is 0.757. The van der Waals surface area contributed by atoms with Crippen molar-refractivity contribution in [2.45, 2.75) is 39.5 Å². The van der Waals surface area contributed by atoms with Crippen molar-refractivity contribution >= 4 is 0 Å². The highest BCUT2D eigenvalue weighted by Gasteiger charge is 2.20. The summed E-state index contributed by atoms with van der Waals surface area (Å²) in [5.41, 5.74) is 1.12. The van der Waals surface area contributed by atoms with Gasteiger partial charge in [0.05, 0.1) is 0 Å². The van der Waals surface area contributed by atoms with Gasteiger partial charge in [0.2, 0.25) is 0 Å². The molecular formula is C15H24FN. The number of halogens is 1. The number of nitrogens with one attached hydrogen (secondary N) is 1. The zero-order valence-electron chi connectivity index (χ0n) is 11.2. The zero-order chi connectivity index (χ0) is 12.7. The van der Waals surface area contributed by atoms with E-state index in [4.69, 9.17) is 0 Å². The summed E-state index contributed by atoms with van der Waals surface area (Å²) in [6, 6.07) is 7.05. The third kappa shape index (κ3) is 4.12. The molecule has 17 heavy (non-hydrogen) atoms. The normalized spacial score (nSPS) is 13.0. The summed E-state index contributed by atoms with van der Waals surface area (Å²) in [5.74, 6) is 0.909. The van der Waals surface area contributed by atoms with Crippen molar-refractivity contribution in [1.82, 2.24) is 5.32 Å². The van der Waals surface area contributed by atoms with E-state index in [1.165, 1.54) is 6.07 Å². The Hall–Kier alpha value is -0.890. The maximum absolute atomic E-state index is 13.3. The second-order valence-corrected chi connectivity index (χ2v) is 4.55. The van der Waals surface area contributed by atoms with E-state index < -0.39 is 0 Å². The molecule has 1 aromatic rings. The lowest BCUT2D eigenvalue weighted by Crippen LogP contribution is -2.26. The third-order valence-electron chi connectivity index (χ3n) is 3.51. The molecular weight excluding hydrogens is 213 g/mol. The summed E-state index contributed by atoms with van der Waals surface area (Å²) >= 11 is 0. The molecule has 2 heteroatoms. The molecule has 0 amide bonds. The Labute approximate surface area is 104 Å². The van der Waals surface area contributed by atoms with Gasteiger partial charge in [-0.05, 0) is 36.1 Å². The van der Waals surface area contributed by atoms with Crippen LogP contribution in [-0.4, -0.2) is 13.1 Å². The first-order chi connectivity index (χ1) is 8.22. The van der Waals surface area contributed by atoms with Gasteiger partial charge in [-0.2, -0.15) is 0 Å². The molecule has 0 aliphatic rings. The summed E-state index contributed by atoms with van der Waals surface area (Å²) in [6.07, 6.45) is 2.28. The second kappa shape index (κ2) is 7.44. The van der Waals surface area contributed by atoms with Crippen molar-refractivity contribution in [3.8, 4) is 0 Å². The number of hydrogen-bond acceptors (Lipinski definition) is 1. The van der Waals surface area contributed by atoms with Crippen LogP contribution in [0.3, 0.4) is 0 Å². The average Bonchev–Trinajstić information content (AvgIpc) is 2.34. The van der Waals surface area contributed by atoms with Gasteiger partial charge >= 0.3 is 0 Å². The van der Waals surface area contributed by atoms with Crippen LogP contribution in [0.15, 0.2) is 24.3 Å². The van der Waals surface area contributed by atoms with Crippen LogP contribution in [0.5, 0.6) is 0 Å². The van der Waals surface area contributed by atoms with E-state index in [0.717, 1.165) is 31.5 Å². The average molecular weight is 237 g/mol. The minimum Gasteiger partial charge on any atom is -0.316 e. The predicted molar refractivity (Wildman–Crippen MR) is 71.8 cm³/mol. The van der Waals surface area contributed by atoms with Crippen LogP contribution >= 0.6 is 0 Å². The predicted octanol–water partition coefficient (Wildman–Crippen LogP) is 3.96. The standard InChI is InChI=1S/C15H24FN/c1-4-12(5-2)15(11-17-6-3)13-8-7-9-14(16)10-13/h7-10,12,15,17H,4-6,11H2,1-3H3. The monoisotopic (exact) mass is 237 g/mol. The molecule has 0 saturated carbocycles.